The number of piperidine rings is 1. The van der Waals surface area contributed by atoms with E-state index in [0.717, 1.165) is 30.2 Å². The number of anilines is 1. The van der Waals surface area contributed by atoms with Crippen molar-refractivity contribution in [1.29, 1.82) is 0 Å². The SMILES string of the molecule is Cc1nc(N2CCCCC2)ccc1C(C)N. The monoisotopic (exact) mass is 219 g/mol. The lowest BCUT2D eigenvalue weighted by Crippen LogP contribution is -2.30. The van der Waals surface area contributed by atoms with Gasteiger partial charge in [-0.1, -0.05) is 6.07 Å². The Hall–Kier alpha value is -1.09. The van der Waals surface area contributed by atoms with Crippen LogP contribution in [-0.4, -0.2) is 18.1 Å². The van der Waals surface area contributed by atoms with Crippen LogP contribution in [0, 0.1) is 6.92 Å². The van der Waals surface area contributed by atoms with Crippen molar-refractivity contribution >= 4 is 5.82 Å². The molecule has 1 saturated heterocycles. The van der Waals surface area contributed by atoms with Gasteiger partial charge in [-0.3, -0.25) is 0 Å². The molecular weight excluding hydrogens is 198 g/mol. The highest BCUT2D eigenvalue weighted by atomic mass is 15.2. The van der Waals surface area contributed by atoms with Gasteiger partial charge in [0.25, 0.3) is 0 Å². The lowest BCUT2D eigenvalue weighted by molar-refractivity contribution is 0.572. The van der Waals surface area contributed by atoms with Gasteiger partial charge in [-0.15, -0.1) is 0 Å². The van der Waals surface area contributed by atoms with E-state index in [9.17, 15) is 0 Å². The minimum atomic E-state index is 0.0721. The van der Waals surface area contributed by atoms with E-state index >= 15 is 0 Å². The van der Waals surface area contributed by atoms with Crippen molar-refractivity contribution in [1.82, 2.24) is 4.98 Å². The van der Waals surface area contributed by atoms with Crippen molar-refractivity contribution in [2.24, 2.45) is 5.73 Å². The lowest BCUT2D eigenvalue weighted by atomic mass is 10.1. The average molecular weight is 219 g/mol. The molecule has 1 fully saturated rings. The Bertz CT molecular complexity index is 354. The van der Waals surface area contributed by atoms with Gasteiger partial charge in [-0.05, 0) is 44.7 Å². The van der Waals surface area contributed by atoms with Crippen molar-refractivity contribution < 1.29 is 0 Å². The zero-order valence-electron chi connectivity index (χ0n) is 10.2. The van der Waals surface area contributed by atoms with Crippen LogP contribution in [0.15, 0.2) is 12.1 Å². The molecule has 1 aliphatic rings. The fourth-order valence-electron chi connectivity index (χ4n) is 2.34. The van der Waals surface area contributed by atoms with Crippen molar-refractivity contribution in [3.8, 4) is 0 Å². The molecule has 2 heterocycles. The molecule has 88 valence electrons. The molecule has 0 aromatic carbocycles. The molecule has 16 heavy (non-hydrogen) atoms. The van der Waals surface area contributed by atoms with Crippen LogP contribution in [0.1, 0.15) is 43.5 Å². The van der Waals surface area contributed by atoms with Gasteiger partial charge in [0.15, 0.2) is 0 Å². The molecule has 0 amide bonds. The van der Waals surface area contributed by atoms with E-state index in [1.807, 2.05) is 13.8 Å². The first kappa shape index (κ1) is 11.4. The van der Waals surface area contributed by atoms with E-state index in [1.54, 1.807) is 0 Å². The Labute approximate surface area is 97.7 Å². The van der Waals surface area contributed by atoms with E-state index in [0.29, 0.717) is 0 Å². The van der Waals surface area contributed by atoms with Crippen LogP contribution in [0.2, 0.25) is 0 Å². The first-order valence-electron chi connectivity index (χ1n) is 6.16. The molecule has 2 N–H and O–H groups in total. The molecule has 1 aromatic rings. The standard InChI is InChI=1S/C13H21N3/c1-10(14)12-6-7-13(15-11(12)2)16-8-4-3-5-9-16/h6-7,10H,3-5,8-9,14H2,1-2H3. The van der Waals surface area contributed by atoms with E-state index in [-0.39, 0.29) is 6.04 Å². The molecule has 3 heteroatoms. The fraction of sp³-hybridized carbons (Fsp3) is 0.615. The highest BCUT2D eigenvalue weighted by Gasteiger charge is 2.13. The second kappa shape index (κ2) is 4.83. The Balaban J connectivity index is 2.19. The average Bonchev–Trinajstić information content (AvgIpc) is 2.29. The molecular formula is C13H21N3. The molecule has 1 atom stereocenters. The number of rotatable bonds is 2. The third-order valence-corrected chi connectivity index (χ3v) is 3.28. The Morgan fingerprint density at radius 1 is 1.25 bits per heavy atom. The zero-order chi connectivity index (χ0) is 11.5. The minimum absolute atomic E-state index is 0.0721. The third-order valence-electron chi connectivity index (χ3n) is 3.28. The lowest BCUT2D eigenvalue weighted by Gasteiger charge is -2.28. The van der Waals surface area contributed by atoms with E-state index in [4.69, 9.17) is 5.73 Å². The number of nitrogens with zero attached hydrogens (tertiary/aromatic N) is 2. The van der Waals surface area contributed by atoms with Gasteiger partial charge in [0.2, 0.25) is 0 Å². The van der Waals surface area contributed by atoms with E-state index in [1.165, 1.54) is 19.3 Å². The number of pyridine rings is 1. The summed E-state index contributed by atoms with van der Waals surface area (Å²) >= 11 is 0. The molecule has 3 nitrogen and oxygen atoms in total. The van der Waals surface area contributed by atoms with Crippen LogP contribution in [0.25, 0.3) is 0 Å². The van der Waals surface area contributed by atoms with Crippen LogP contribution in [0.3, 0.4) is 0 Å². The summed E-state index contributed by atoms with van der Waals surface area (Å²) in [5, 5.41) is 0. The van der Waals surface area contributed by atoms with Crippen molar-refractivity contribution in [2.45, 2.75) is 39.2 Å². The van der Waals surface area contributed by atoms with E-state index < -0.39 is 0 Å². The van der Waals surface area contributed by atoms with Crippen molar-refractivity contribution in [3.63, 3.8) is 0 Å². The maximum absolute atomic E-state index is 5.89. The molecule has 2 rings (SSSR count). The maximum Gasteiger partial charge on any atom is 0.128 e. The van der Waals surface area contributed by atoms with Crippen LogP contribution >= 0.6 is 0 Å². The largest absolute Gasteiger partial charge is 0.357 e. The number of nitrogens with two attached hydrogens (primary N) is 1. The summed E-state index contributed by atoms with van der Waals surface area (Å²) in [7, 11) is 0. The summed E-state index contributed by atoms with van der Waals surface area (Å²) in [6, 6.07) is 4.30. The van der Waals surface area contributed by atoms with Gasteiger partial charge < -0.3 is 10.6 Å². The number of aromatic nitrogens is 1. The number of aryl methyl sites for hydroxylation is 1. The summed E-state index contributed by atoms with van der Waals surface area (Å²) in [5.74, 6) is 1.11. The molecule has 0 bridgehead atoms. The zero-order valence-corrected chi connectivity index (χ0v) is 10.2. The smallest absolute Gasteiger partial charge is 0.128 e. The topological polar surface area (TPSA) is 42.2 Å². The van der Waals surface area contributed by atoms with E-state index in [2.05, 4.69) is 22.0 Å². The number of hydrogen-bond donors (Lipinski definition) is 1. The summed E-state index contributed by atoms with van der Waals surface area (Å²) < 4.78 is 0. The highest BCUT2D eigenvalue weighted by molar-refractivity contribution is 5.42. The van der Waals surface area contributed by atoms with Gasteiger partial charge in [-0.25, -0.2) is 4.98 Å². The maximum atomic E-state index is 5.89. The summed E-state index contributed by atoms with van der Waals surface area (Å²) in [6.07, 6.45) is 3.93. The highest BCUT2D eigenvalue weighted by Crippen LogP contribution is 2.21. The predicted octanol–water partition coefficient (Wildman–Crippen LogP) is 2.40. The van der Waals surface area contributed by atoms with Crippen molar-refractivity contribution in [2.75, 3.05) is 18.0 Å². The second-order valence-corrected chi connectivity index (χ2v) is 4.68. The first-order valence-corrected chi connectivity index (χ1v) is 6.16. The minimum Gasteiger partial charge on any atom is -0.357 e. The first-order chi connectivity index (χ1) is 7.68. The normalized spacial score (nSPS) is 18.6. The summed E-state index contributed by atoms with van der Waals surface area (Å²) in [6.45, 7) is 6.34. The van der Waals surface area contributed by atoms with Gasteiger partial charge in [0, 0.05) is 24.8 Å². The van der Waals surface area contributed by atoms with Crippen LogP contribution in [-0.2, 0) is 0 Å². The fourth-order valence-corrected chi connectivity index (χ4v) is 2.34. The van der Waals surface area contributed by atoms with Crippen LogP contribution in [0.4, 0.5) is 5.82 Å². The molecule has 0 spiro atoms. The molecule has 0 aliphatic carbocycles. The van der Waals surface area contributed by atoms with Gasteiger partial charge in [-0.2, -0.15) is 0 Å². The Morgan fingerprint density at radius 3 is 2.50 bits per heavy atom. The third kappa shape index (κ3) is 2.35. The molecule has 0 saturated carbocycles. The second-order valence-electron chi connectivity index (χ2n) is 4.68. The molecule has 1 aliphatic heterocycles. The Morgan fingerprint density at radius 2 is 1.94 bits per heavy atom. The quantitative estimate of drug-likeness (QED) is 0.830. The van der Waals surface area contributed by atoms with Gasteiger partial charge in [0.05, 0.1) is 0 Å². The number of hydrogen-bond acceptors (Lipinski definition) is 3. The van der Waals surface area contributed by atoms with Gasteiger partial charge in [0.1, 0.15) is 5.82 Å². The summed E-state index contributed by atoms with van der Waals surface area (Å²) in [4.78, 5) is 7.04. The predicted molar refractivity (Wildman–Crippen MR) is 67.6 cm³/mol. The molecule has 1 aromatic heterocycles. The molecule has 0 radical (unpaired) electrons. The Kier molecular flexibility index (Phi) is 3.44. The molecule has 1 unspecified atom stereocenters. The van der Waals surface area contributed by atoms with Gasteiger partial charge >= 0.3 is 0 Å². The van der Waals surface area contributed by atoms with Crippen LogP contribution in [0.5, 0.6) is 0 Å². The van der Waals surface area contributed by atoms with Crippen molar-refractivity contribution in [3.05, 3.63) is 23.4 Å². The van der Waals surface area contributed by atoms with Crippen LogP contribution < -0.4 is 10.6 Å². The summed E-state index contributed by atoms with van der Waals surface area (Å²) in [5.41, 5.74) is 8.11.